The molecule has 4 N–H and O–H groups in total. The van der Waals surface area contributed by atoms with Crippen molar-refractivity contribution >= 4 is 17.0 Å². The lowest BCUT2D eigenvalue weighted by atomic mass is 10.0. The first kappa shape index (κ1) is 15.7. The lowest BCUT2D eigenvalue weighted by Crippen LogP contribution is -2.21. The Bertz CT molecular complexity index is 569. The van der Waals surface area contributed by atoms with Crippen LogP contribution in [0.2, 0.25) is 0 Å². The fraction of sp³-hybridized carbons (Fsp3) is 0.643. The minimum Gasteiger partial charge on any atom is -0.396 e. The van der Waals surface area contributed by atoms with Crippen LogP contribution >= 0.6 is 0 Å². The lowest BCUT2D eigenvalue weighted by Gasteiger charge is -2.21. The first-order valence-corrected chi connectivity index (χ1v) is 7.37. The molecule has 7 nitrogen and oxygen atoms in total. The lowest BCUT2D eigenvalue weighted by molar-refractivity contribution is 0.124. The van der Waals surface area contributed by atoms with Gasteiger partial charge in [0.25, 0.3) is 0 Å². The Kier molecular flexibility index (Phi) is 5.46. The number of anilines is 1. The summed E-state index contributed by atoms with van der Waals surface area (Å²) >= 11 is 0. The zero-order chi connectivity index (χ0) is 15.2. The highest BCUT2D eigenvalue weighted by molar-refractivity contribution is 5.81. The fourth-order valence-electron chi connectivity index (χ4n) is 2.54. The van der Waals surface area contributed by atoms with Gasteiger partial charge in [-0.15, -0.1) is 0 Å². The van der Waals surface area contributed by atoms with E-state index in [9.17, 15) is 5.11 Å². The summed E-state index contributed by atoms with van der Waals surface area (Å²) in [5, 5.41) is 18.8. The van der Waals surface area contributed by atoms with Crippen molar-refractivity contribution in [3.63, 3.8) is 0 Å². The normalized spacial score (nSPS) is 14.4. The molecule has 0 saturated heterocycles. The molecule has 0 spiro atoms. The van der Waals surface area contributed by atoms with Crippen LogP contribution in [-0.4, -0.2) is 42.4 Å². The maximum Gasteiger partial charge on any atom is 0.165 e. The van der Waals surface area contributed by atoms with Gasteiger partial charge in [-0.2, -0.15) is 0 Å². The Morgan fingerprint density at radius 3 is 2.67 bits per heavy atom. The second kappa shape index (κ2) is 7.33. The molecule has 0 fully saturated rings. The van der Waals surface area contributed by atoms with Gasteiger partial charge in [-0.25, -0.2) is 15.0 Å². The molecule has 0 aliphatic rings. The molecule has 0 bridgehead atoms. The van der Waals surface area contributed by atoms with Crippen molar-refractivity contribution in [1.29, 1.82) is 0 Å². The van der Waals surface area contributed by atoms with E-state index in [2.05, 4.69) is 15.0 Å². The average molecular weight is 293 g/mol. The van der Waals surface area contributed by atoms with E-state index in [1.165, 1.54) is 6.33 Å². The number of aliphatic hydroxyl groups is 2. The first-order chi connectivity index (χ1) is 10.1. The highest BCUT2D eigenvalue weighted by Crippen LogP contribution is 2.25. The molecule has 0 aromatic carbocycles. The molecule has 21 heavy (non-hydrogen) atoms. The topological polar surface area (TPSA) is 110 Å². The predicted octanol–water partition coefficient (Wildman–Crippen LogP) is 1.27. The number of nitrogen functional groups attached to an aromatic ring is 1. The summed E-state index contributed by atoms with van der Waals surface area (Å²) in [5.41, 5.74) is 7.02. The van der Waals surface area contributed by atoms with E-state index < -0.39 is 6.10 Å². The number of imidazole rings is 1. The average Bonchev–Trinajstić information content (AvgIpc) is 2.88. The van der Waals surface area contributed by atoms with Crippen LogP contribution in [0.1, 0.15) is 45.1 Å². The van der Waals surface area contributed by atoms with E-state index in [4.69, 9.17) is 10.8 Å². The molecule has 0 radical (unpaired) electrons. The number of hydrogen-bond donors (Lipinski definition) is 3. The van der Waals surface area contributed by atoms with Gasteiger partial charge >= 0.3 is 0 Å². The van der Waals surface area contributed by atoms with Gasteiger partial charge < -0.3 is 20.5 Å². The molecule has 0 amide bonds. The predicted molar refractivity (Wildman–Crippen MR) is 80.6 cm³/mol. The molecule has 0 saturated carbocycles. The number of fused-ring (bicyclic) bond motifs is 1. The van der Waals surface area contributed by atoms with E-state index in [0.717, 1.165) is 32.1 Å². The molecule has 2 heterocycles. The smallest absolute Gasteiger partial charge is 0.165 e. The Hall–Kier alpha value is -1.73. The molecule has 2 aromatic heterocycles. The number of hydrogen-bond acceptors (Lipinski definition) is 6. The van der Waals surface area contributed by atoms with Crippen molar-refractivity contribution in [3.8, 4) is 0 Å². The monoisotopic (exact) mass is 293 g/mol. The minimum absolute atomic E-state index is 0.0848. The van der Waals surface area contributed by atoms with Crippen LogP contribution in [0.15, 0.2) is 12.7 Å². The fourth-order valence-corrected chi connectivity index (χ4v) is 2.54. The Labute approximate surface area is 123 Å². The second-order valence-electron chi connectivity index (χ2n) is 5.32. The van der Waals surface area contributed by atoms with Crippen LogP contribution in [-0.2, 0) is 0 Å². The summed E-state index contributed by atoms with van der Waals surface area (Å²) in [6, 6.07) is -0.0848. The van der Waals surface area contributed by atoms with Crippen molar-refractivity contribution in [1.82, 2.24) is 19.5 Å². The zero-order valence-corrected chi connectivity index (χ0v) is 12.3. The zero-order valence-electron chi connectivity index (χ0n) is 12.3. The largest absolute Gasteiger partial charge is 0.396 e. The van der Waals surface area contributed by atoms with Crippen molar-refractivity contribution in [3.05, 3.63) is 12.7 Å². The number of aromatic nitrogens is 4. The van der Waals surface area contributed by atoms with Crippen LogP contribution in [0.5, 0.6) is 0 Å². The highest BCUT2D eigenvalue weighted by Gasteiger charge is 2.20. The quantitative estimate of drug-likeness (QED) is 0.632. The van der Waals surface area contributed by atoms with E-state index in [-0.39, 0.29) is 12.6 Å². The molecule has 2 atom stereocenters. The third kappa shape index (κ3) is 3.68. The SMILES string of the molecule is CC(O)C(CCCCCCO)n1cnc2c(N)ncnc21. The number of nitrogens with two attached hydrogens (primary N) is 1. The maximum atomic E-state index is 10.1. The van der Waals surface area contributed by atoms with Gasteiger partial charge in [0.15, 0.2) is 11.5 Å². The van der Waals surface area contributed by atoms with E-state index in [0.29, 0.717) is 17.0 Å². The van der Waals surface area contributed by atoms with Crippen LogP contribution in [0, 0.1) is 0 Å². The number of unbranched alkanes of at least 4 members (excludes halogenated alkanes) is 3. The van der Waals surface area contributed by atoms with Gasteiger partial charge in [0, 0.05) is 6.61 Å². The molecule has 0 aliphatic heterocycles. The third-order valence-corrected chi connectivity index (χ3v) is 3.71. The Morgan fingerprint density at radius 2 is 1.95 bits per heavy atom. The van der Waals surface area contributed by atoms with Crippen molar-refractivity contribution in [2.24, 2.45) is 0 Å². The van der Waals surface area contributed by atoms with Gasteiger partial charge in [-0.1, -0.05) is 19.3 Å². The highest BCUT2D eigenvalue weighted by atomic mass is 16.3. The molecule has 0 aliphatic carbocycles. The van der Waals surface area contributed by atoms with E-state index in [1.54, 1.807) is 13.3 Å². The number of rotatable bonds is 8. The van der Waals surface area contributed by atoms with Gasteiger partial charge in [-0.3, -0.25) is 0 Å². The Morgan fingerprint density at radius 1 is 1.19 bits per heavy atom. The van der Waals surface area contributed by atoms with Crippen molar-refractivity contribution in [2.75, 3.05) is 12.3 Å². The Balaban J connectivity index is 2.11. The molecule has 2 aromatic rings. The van der Waals surface area contributed by atoms with Crippen molar-refractivity contribution in [2.45, 2.75) is 51.2 Å². The third-order valence-electron chi connectivity index (χ3n) is 3.71. The summed E-state index contributed by atoms with van der Waals surface area (Å²) in [7, 11) is 0. The van der Waals surface area contributed by atoms with Gasteiger partial charge in [0.2, 0.25) is 0 Å². The summed E-state index contributed by atoms with van der Waals surface area (Å²) < 4.78 is 1.88. The van der Waals surface area contributed by atoms with Gasteiger partial charge in [0.1, 0.15) is 11.8 Å². The van der Waals surface area contributed by atoms with Crippen LogP contribution in [0.3, 0.4) is 0 Å². The molecule has 2 unspecified atom stereocenters. The van der Waals surface area contributed by atoms with Crippen LogP contribution < -0.4 is 5.73 Å². The second-order valence-corrected chi connectivity index (χ2v) is 5.32. The molecule has 116 valence electrons. The summed E-state index contributed by atoms with van der Waals surface area (Å²) in [6.07, 6.45) is 7.26. The van der Waals surface area contributed by atoms with Crippen LogP contribution in [0.25, 0.3) is 11.2 Å². The number of nitrogens with zero attached hydrogens (tertiary/aromatic N) is 4. The number of aliphatic hydroxyl groups excluding tert-OH is 2. The van der Waals surface area contributed by atoms with Gasteiger partial charge in [-0.05, 0) is 19.8 Å². The van der Waals surface area contributed by atoms with E-state index >= 15 is 0 Å². The minimum atomic E-state index is -0.503. The van der Waals surface area contributed by atoms with Gasteiger partial charge in [0.05, 0.1) is 18.5 Å². The molecule has 2 rings (SSSR count). The standard InChI is InChI=1S/C14H23N5O2/c1-10(21)11(6-4-2-3-5-7-20)19-9-18-12-13(15)16-8-17-14(12)19/h8-11,20-21H,2-7H2,1H3,(H2,15,16,17). The first-order valence-electron chi connectivity index (χ1n) is 7.37. The maximum absolute atomic E-state index is 10.1. The molecular weight excluding hydrogens is 270 g/mol. The summed E-state index contributed by atoms with van der Waals surface area (Å²) in [6.45, 7) is 2.01. The summed E-state index contributed by atoms with van der Waals surface area (Å²) in [5.74, 6) is 0.353. The molecular formula is C14H23N5O2. The van der Waals surface area contributed by atoms with E-state index in [1.807, 2.05) is 4.57 Å². The van der Waals surface area contributed by atoms with Crippen LogP contribution in [0.4, 0.5) is 5.82 Å². The van der Waals surface area contributed by atoms with Crippen molar-refractivity contribution < 1.29 is 10.2 Å². The molecule has 7 heteroatoms. The summed E-state index contributed by atoms with van der Waals surface area (Å²) in [4.78, 5) is 12.4.